The molecule has 2 nitrogen and oxygen atoms in total. The minimum atomic E-state index is -2.49. The molecule has 1 unspecified atom stereocenters. The summed E-state index contributed by atoms with van der Waals surface area (Å²) in [5, 5.41) is 3.29. The zero-order valence-electron chi connectivity index (χ0n) is 10.9. The lowest BCUT2D eigenvalue weighted by atomic mass is 10.0. The van der Waals surface area contributed by atoms with E-state index in [9.17, 15) is 8.78 Å². The quantitative estimate of drug-likeness (QED) is 0.640. The van der Waals surface area contributed by atoms with Crippen molar-refractivity contribution in [1.82, 2.24) is 5.32 Å². The van der Waals surface area contributed by atoms with Gasteiger partial charge in [-0.2, -0.15) is 0 Å². The first-order valence-corrected chi connectivity index (χ1v) is 8.52. The van der Waals surface area contributed by atoms with Crippen LogP contribution in [-0.4, -0.2) is 24.0 Å². The minimum absolute atomic E-state index is 0.0259. The Kier molecular flexibility index (Phi) is 5.00. The Morgan fingerprint density at radius 3 is 2.79 bits per heavy atom. The standard InChI is InChI=1S/C13H15F2NO.CH3I/c14-13(15)6-11(13)8-17-12-2-1-10-7-16-4-3-9(10)5-12;1-2/h1-2,5,11,16H,3-4,6-8H2;1H3. The normalized spacial score (nSPS) is 22.8. The van der Waals surface area contributed by atoms with Crippen LogP contribution >= 0.6 is 22.6 Å². The van der Waals surface area contributed by atoms with Crippen molar-refractivity contribution in [3.8, 4) is 5.75 Å². The van der Waals surface area contributed by atoms with Crippen molar-refractivity contribution in [2.45, 2.75) is 25.3 Å². The van der Waals surface area contributed by atoms with Gasteiger partial charge in [-0.05, 0) is 41.2 Å². The molecule has 1 aromatic carbocycles. The van der Waals surface area contributed by atoms with Crippen LogP contribution in [0.4, 0.5) is 8.78 Å². The van der Waals surface area contributed by atoms with E-state index in [0.717, 1.165) is 19.5 Å². The lowest BCUT2D eigenvalue weighted by Gasteiger charge is -2.18. The third kappa shape index (κ3) is 3.78. The first kappa shape index (κ1) is 15.0. The molecule has 1 fully saturated rings. The van der Waals surface area contributed by atoms with E-state index in [-0.39, 0.29) is 13.0 Å². The first-order chi connectivity index (χ1) is 9.15. The van der Waals surface area contributed by atoms with Crippen LogP contribution in [0.5, 0.6) is 5.75 Å². The fourth-order valence-electron chi connectivity index (χ4n) is 2.19. The summed E-state index contributed by atoms with van der Waals surface area (Å²) in [6.45, 7) is 1.98. The molecular formula is C14H18F2INO. The van der Waals surface area contributed by atoms with Crippen molar-refractivity contribution in [2.24, 2.45) is 5.92 Å². The second-order valence-corrected chi connectivity index (χ2v) is 4.83. The lowest BCUT2D eigenvalue weighted by molar-refractivity contribution is 0.0856. The molecule has 1 heterocycles. The Balaban J connectivity index is 0.000000637. The molecule has 0 amide bonds. The molecule has 0 saturated heterocycles. The Hall–Kier alpha value is -0.430. The molecule has 0 bridgehead atoms. The van der Waals surface area contributed by atoms with Crippen molar-refractivity contribution >= 4 is 22.6 Å². The Labute approximate surface area is 126 Å². The van der Waals surface area contributed by atoms with E-state index in [1.165, 1.54) is 11.1 Å². The van der Waals surface area contributed by atoms with E-state index in [1.54, 1.807) is 0 Å². The second-order valence-electron chi connectivity index (χ2n) is 4.83. The monoisotopic (exact) mass is 381 g/mol. The fraction of sp³-hybridized carbons (Fsp3) is 0.571. The SMILES string of the molecule is CI.FC1(F)CC1COc1ccc2c(c1)CCNC2. The zero-order chi connectivity index (χ0) is 13.9. The average Bonchev–Trinajstić information content (AvgIpc) is 3.06. The minimum Gasteiger partial charge on any atom is -0.493 e. The van der Waals surface area contributed by atoms with Gasteiger partial charge in [0, 0.05) is 13.0 Å². The Morgan fingerprint density at radius 2 is 2.11 bits per heavy atom. The Bertz CT molecular complexity index is 439. The fourth-order valence-corrected chi connectivity index (χ4v) is 2.19. The lowest BCUT2D eigenvalue weighted by Crippen LogP contribution is -2.23. The van der Waals surface area contributed by atoms with Crippen LogP contribution in [0.2, 0.25) is 0 Å². The Morgan fingerprint density at radius 1 is 1.37 bits per heavy atom. The van der Waals surface area contributed by atoms with E-state index in [4.69, 9.17) is 4.74 Å². The van der Waals surface area contributed by atoms with Gasteiger partial charge in [-0.25, -0.2) is 8.78 Å². The largest absolute Gasteiger partial charge is 0.493 e. The summed E-state index contributed by atoms with van der Waals surface area (Å²) in [6, 6.07) is 5.87. The smallest absolute Gasteiger partial charge is 0.255 e. The highest BCUT2D eigenvalue weighted by Gasteiger charge is 2.57. The van der Waals surface area contributed by atoms with Crippen molar-refractivity contribution in [1.29, 1.82) is 0 Å². The van der Waals surface area contributed by atoms with Gasteiger partial charge in [-0.1, -0.05) is 28.7 Å². The summed E-state index contributed by atoms with van der Waals surface area (Å²) in [6.07, 6.45) is 0.952. The average molecular weight is 381 g/mol. The highest BCUT2D eigenvalue weighted by Crippen LogP contribution is 2.48. The first-order valence-electron chi connectivity index (χ1n) is 6.36. The van der Waals surface area contributed by atoms with Gasteiger partial charge >= 0.3 is 0 Å². The maximum atomic E-state index is 12.7. The third-order valence-electron chi connectivity index (χ3n) is 3.47. The molecule has 106 valence electrons. The highest BCUT2D eigenvalue weighted by molar-refractivity contribution is 14.1. The number of alkyl halides is 3. The van der Waals surface area contributed by atoms with Gasteiger partial charge in [0.25, 0.3) is 5.92 Å². The molecule has 1 saturated carbocycles. The van der Waals surface area contributed by atoms with Crippen molar-refractivity contribution < 1.29 is 13.5 Å². The molecule has 19 heavy (non-hydrogen) atoms. The number of halogens is 3. The van der Waals surface area contributed by atoms with Crippen molar-refractivity contribution in [2.75, 3.05) is 18.1 Å². The van der Waals surface area contributed by atoms with Crippen LogP contribution in [-0.2, 0) is 13.0 Å². The number of rotatable bonds is 3. The topological polar surface area (TPSA) is 21.3 Å². The molecule has 0 aromatic heterocycles. The molecule has 2 aliphatic rings. The summed E-state index contributed by atoms with van der Waals surface area (Å²) < 4.78 is 30.8. The summed E-state index contributed by atoms with van der Waals surface area (Å²) in [5.74, 6) is -2.36. The van der Waals surface area contributed by atoms with E-state index >= 15 is 0 Å². The van der Waals surface area contributed by atoms with Crippen LogP contribution in [0.15, 0.2) is 18.2 Å². The maximum absolute atomic E-state index is 12.7. The molecule has 1 N–H and O–H groups in total. The summed E-state index contributed by atoms with van der Waals surface area (Å²) in [7, 11) is 0. The molecule has 1 aromatic rings. The van der Waals surface area contributed by atoms with Crippen molar-refractivity contribution in [3.05, 3.63) is 29.3 Å². The second kappa shape index (κ2) is 6.35. The summed E-state index contributed by atoms with van der Waals surface area (Å²) >= 11 is 2.15. The van der Waals surface area contributed by atoms with Gasteiger partial charge in [-0.3, -0.25) is 0 Å². The van der Waals surface area contributed by atoms with Crippen LogP contribution in [0.3, 0.4) is 0 Å². The van der Waals surface area contributed by atoms with Gasteiger partial charge in [0.15, 0.2) is 0 Å². The molecule has 1 aliphatic heterocycles. The zero-order valence-corrected chi connectivity index (χ0v) is 13.0. The number of ether oxygens (including phenoxy) is 1. The molecule has 1 atom stereocenters. The van der Waals surface area contributed by atoms with Crippen LogP contribution in [0.1, 0.15) is 17.5 Å². The van der Waals surface area contributed by atoms with Gasteiger partial charge in [0.05, 0.1) is 12.5 Å². The summed E-state index contributed by atoms with van der Waals surface area (Å²) in [4.78, 5) is 1.97. The number of benzene rings is 1. The van der Waals surface area contributed by atoms with E-state index < -0.39 is 11.8 Å². The van der Waals surface area contributed by atoms with E-state index in [1.807, 2.05) is 23.1 Å². The molecule has 0 radical (unpaired) electrons. The maximum Gasteiger partial charge on any atom is 0.255 e. The molecule has 0 spiro atoms. The summed E-state index contributed by atoms with van der Waals surface area (Å²) in [5.41, 5.74) is 2.55. The molecule has 3 rings (SSSR count). The van der Waals surface area contributed by atoms with E-state index in [0.29, 0.717) is 5.75 Å². The predicted molar refractivity (Wildman–Crippen MR) is 80.3 cm³/mol. The number of hydrogen-bond acceptors (Lipinski definition) is 2. The van der Waals surface area contributed by atoms with Crippen LogP contribution in [0.25, 0.3) is 0 Å². The highest BCUT2D eigenvalue weighted by atomic mass is 127. The molecular weight excluding hydrogens is 363 g/mol. The number of fused-ring (bicyclic) bond motifs is 1. The van der Waals surface area contributed by atoms with Crippen LogP contribution in [0, 0.1) is 5.92 Å². The number of nitrogens with one attached hydrogen (secondary N) is 1. The van der Waals surface area contributed by atoms with Gasteiger partial charge in [-0.15, -0.1) is 0 Å². The molecule has 5 heteroatoms. The van der Waals surface area contributed by atoms with Crippen molar-refractivity contribution in [3.63, 3.8) is 0 Å². The third-order valence-corrected chi connectivity index (χ3v) is 3.47. The van der Waals surface area contributed by atoms with Gasteiger partial charge < -0.3 is 10.1 Å². The van der Waals surface area contributed by atoms with Gasteiger partial charge in [0.1, 0.15) is 5.75 Å². The predicted octanol–water partition coefficient (Wildman–Crippen LogP) is 3.42. The number of hydrogen-bond donors (Lipinski definition) is 1. The molecule has 1 aliphatic carbocycles. The van der Waals surface area contributed by atoms with Crippen LogP contribution < -0.4 is 10.1 Å². The van der Waals surface area contributed by atoms with Gasteiger partial charge in [0.2, 0.25) is 0 Å². The van der Waals surface area contributed by atoms with E-state index in [2.05, 4.69) is 27.9 Å².